The molecule has 1 saturated heterocycles. The maximum absolute atomic E-state index is 12.6. The minimum Gasteiger partial charge on any atom is -0.479 e. The van der Waals surface area contributed by atoms with Crippen LogP contribution in [0.3, 0.4) is 0 Å². The summed E-state index contributed by atoms with van der Waals surface area (Å²) in [5.74, 6) is -0.446. The van der Waals surface area contributed by atoms with Crippen molar-refractivity contribution in [3.05, 3.63) is 59.2 Å². The zero-order chi connectivity index (χ0) is 21.3. The molecule has 3 amide bonds. The molecular weight excluding hydrogens is 386 g/mol. The Kier molecular flexibility index (Phi) is 5.41. The number of nitrogen functional groups attached to an aromatic ring is 1. The molecule has 4 rings (SSSR count). The Bertz CT molecular complexity index is 965. The van der Waals surface area contributed by atoms with Gasteiger partial charge in [0.15, 0.2) is 6.10 Å². The molecule has 2 aliphatic heterocycles. The summed E-state index contributed by atoms with van der Waals surface area (Å²) in [5, 5.41) is 0. The van der Waals surface area contributed by atoms with Crippen LogP contribution in [0.15, 0.2) is 42.5 Å². The summed E-state index contributed by atoms with van der Waals surface area (Å²) in [6.45, 7) is 3.85. The molecule has 8 nitrogen and oxygen atoms in total. The normalized spacial score (nSPS) is 17.1. The van der Waals surface area contributed by atoms with Crippen LogP contribution in [0.25, 0.3) is 0 Å². The fraction of sp³-hybridized carbons (Fsp3) is 0.318. The van der Waals surface area contributed by atoms with Crippen molar-refractivity contribution < 1.29 is 23.9 Å². The largest absolute Gasteiger partial charge is 0.479 e. The van der Waals surface area contributed by atoms with Crippen LogP contribution >= 0.6 is 0 Å². The van der Waals surface area contributed by atoms with Gasteiger partial charge in [-0.3, -0.25) is 19.3 Å². The van der Waals surface area contributed by atoms with Gasteiger partial charge in [0.25, 0.3) is 17.7 Å². The van der Waals surface area contributed by atoms with E-state index in [1.54, 1.807) is 54.3 Å². The van der Waals surface area contributed by atoms with Crippen LogP contribution in [0, 0.1) is 0 Å². The predicted molar refractivity (Wildman–Crippen MR) is 109 cm³/mol. The summed E-state index contributed by atoms with van der Waals surface area (Å²) >= 11 is 0. The zero-order valence-electron chi connectivity index (χ0n) is 16.7. The monoisotopic (exact) mass is 409 g/mol. The van der Waals surface area contributed by atoms with Crippen molar-refractivity contribution in [2.45, 2.75) is 19.6 Å². The Morgan fingerprint density at radius 1 is 1.10 bits per heavy atom. The van der Waals surface area contributed by atoms with Crippen LogP contribution in [-0.4, -0.2) is 59.9 Å². The van der Waals surface area contributed by atoms with Crippen molar-refractivity contribution in [1.29, 1.82) is 0 Å². The maximum Gasteiger partial charge on any atom is 0.263 e. The van der Waals surface area contributed by atoms with Crippen molar-refractivity contribution in [2.75, 3.05) is 32.0 Å². The third kappa shape index (κ3) is 3.73. The number of fused-ring (bicyclic) bond motifs is 1. The highest BCUT2D eigenvalue weighted by Crippen LogP contribution is 2.28. The number of hydrogen-bond acceptors (Lipinski definition) is 6. The van der Waals surface area contributed by atoms with E-state index in [0.29, 0.717) is 54.4 Å². The van der Waals surface area contributed by atoms with Crippen LogP contribution in [0.4, 0.5) is 5.69 Å². The lowest BCUT2D eigenvalue weighted by Crippen LogP contribution is -2.46. The van der Waals surface area contributed by atoms with Gasteiger partial charge in [-0.05, 0) is 36.8 Å². The van der Waals surface area contributed by atoms with Gasteiger partial charge in [0.2, 0.25) is 0 Å². The van der Waals surface area contributed by atoms with Crippen LogP contribution in [-0.2, 0) is 16.1 Å². The van der Waals surface area contributed by atoms with Gasteiger partial charge in [0.1, 0.15) is 5.75 Å². The first-order valence-electron chi connectivity index (χ1n) is 9.82. The number of anilines is 1. The van der Waals surface area contributed by atoms with E-state index in [0.717, 1.165) is 0 Å². The second-order valence-electron chi connectivity index (χ2n) is 7.31. The molecule has 2 aromatic carbocycles. The van der Waals surface area contributed by atoms with Crippen LogP contribution in [0.1, 0.15) is 33.2 Å². The van der Waals surface area contributed by atoms with Crippen molar-refractivity contribution in [1.82, 2.24) is 9.80 Å². The molecule has 2 aromatic rings. The number of ether oxygens (including phenoxy) is 2. The zero-order valence-corrected chi connectivity index (χ0v) is 16.7. The van der Waals surface area contributed by atoms with E-state index in [4.69, 9.17) is 15.2 Å². The van der Waals surface area contributed by atoms with Crippen LogP contribution < -0.4 is 10.5 Å². The number of carbonyl (C=O) groups excluding carboxylic acids is 3. The van der Waals surface area contributed by atoms with Gasteiger partial charge in [0, 0.05) is 13.1 Å². The first-order valence-corrected chi connectivity index (χ1v) is 9.82. The second kappa shape index (κ2) is 8.16. The van der Waals surface area contributed by atoms with E-state index in [2.05, 4.69) is 0 Å². The number of carbonyl (C=O) groups is 3. The van der Waals surface area contributed by atoms with Gasteiger partial charge in [-0.25, -0.2) is 0 Å². The van der Waals surface area contributed by atoms with E-state index < -0.39 is 6.10 Å². The molecule has 0 saturated carbocycles. The molecule has 2 aliphatic rings. The summed E-state index contributed by atoms with van der Waals surface area (Å²) in [6, 6.07) is 11.8. The van der Waals surface area contributed by atoms with Crippen LogP contribution in [0.5, 0.6) is 5.75 Å². The number of imide groups is 1. The number of morpholine rings is 1. The molecule has 0 spiro atoms. The fourth-order valence-electron chi connectivity index (χ4n) is 3.63. The highest BCUT2D eigenvalue weighted by Gasteiger charge is 2.35. The molecule has 156 valence electrons. The molecule has 1 atom stereocenters. The first-order chi connectivity index (χ1) is 14.5. The third-order valence-electron chi connectivity index (χ3n) is 5.27. The lowest BCUT2D eigenvalue weighted by Gasteiger charge is -2.29. The Balaban J connectivity index is 1.48. The number of rotatable bonds is 5. The molecule has 1 unspecified atom stereocenters. The Labute approximate surface area is 174 Å². The van der Waals surface area contributed by atoms with Gasteiger partial charge >= 0.3 is 0 Å². The van der Waals surface area contributed by atoms with Gasteiger partial charge in [-0.15, -0.1) is 0 Å². The Hall–Kier alpha value is -3.39. The molecule has 0 bridgehead atoms. The highest BCUT2D eigenvalue weighted by atomic mass is 16.5. The number of benzene rings is 2. The number of nitrogens with two attached hydrogens (primary N) is 1. The van der Waals surface area contributed by atoms with Crippen molar-refractivity contribution >= 4 is 23.4 Å². The maximum atomic E-state index is 12.6. The Morgan fingerprint density at radius 2 is 1.73 bits per heavy atom. The molecule has 2 heterocycles. The van der Waals surface area contributed by atoms with E-state index in [1.165, 1.54) is 4.90 Å². The highest BCUT2D eigenvalue weighted by molar-refractivity contribution is 6.21. The van der Waals surface area contributed by atoms with Crippen molar-refractivity contribution in [3.63, 3.8) is 0 Å². The summed E-state index contributed by atoms with van der Waals surface area (Å²) in [4.78, 5) is 40.7. The average molecular weight is 409 g/mol. The summed E-state index contributed by atoms with van der Waals surface area (Å²) in [6.07, 6.45) is -0.722. The van der Waals surface area contributed by atoms with Crippen molar-refractivity contribution in [2.24, 2.45) is 0 Å². The van der Waals surface area contributed by atoms with Gasteiger partial charge in [-0.2, -0.15) is 0 Å². The third-order valence-corrected chi connectivity index (χ3v) is 5.27. The lowest BCUT2D eigenvalue weighted by atomic mass is 10.1. The van der Waals surface area contributed by atoms with E-state index in [-0.39, 0.29) is 24.3 Å². The number of amides is 3. The minimum absolute atomic E-state index is 0.0920. The molecule has 8 heteroatoms. The van der Waals surface area contributed by atoms with E-state index in [1.807, 2.05) is 0 Å². The molecule has 0 radical (unpaired) electrons. The van der Waals surface area contributed by atoms with Gasteiger partial charge in [-0.1, -0.05) is 18.2 Å². The Morgan fingerprint density at radius 3 is 2.37 bits per heavy atom. The first kappa shape index (κ1) is 19.9. The molecule has 30 heavy (non-hydrogen) atoms. The fourth-order valence-corrected chi connectivity index (χ4v) is 3.63. The van der Waals surface area contributed by atoms with Gasteiger partial charge < -0.3 is 20.1 Å². The smallest absolute Gasteiger partial charge is 0.263 e. The molecule has 0 aromatic heterocycles. The lowest BCUT2D eigenvalue weighted by molar-refractivity contribution is -0.142. The quantitative estimate of drug-likeness (QED) is 0.596. The average Bonchev–Trinajstić information content (AvgIpc) is 3.01. The van der Waals surface area contributed by atoms with E-state index in [9.17, 15) is 14.4 Å². The van der Waals surface area contributed by atoms with E-state index >= 15 is 0 Å². The standard InChI is InChI=1S/C22H23N3O5/c1-14(20(26)24-8-10-29-11-9-24)30-19-12-15(6-7-18(19)23)13-25-21(27)16-4-2-3-5-17(16)22(25)28/h2-7,12,14H,8-11,13,23H2,1H3. The topological polar surface area (TPSA) is 102 Å². The molecular formula is C22H23N3O5. The number of nitrogens with zero attached hydrogens (tertiary/aromatic N) is 2. The molecule has 1 fully saturated rings. The molecule has 2 N–H and O–H groups in total. The number of hydrogen-bond donors (Lipinski definition) is 1. The predicted octanol–water partition coefficient (Wildman–Crippen LogP) is 1.69. The second-order valence-corrected chi connectivity index (χ2v) is 7.31. The van der Waals surface area contributed by atoms with Gasteiger partial charge in [0.05, 0.1) is 36.6 Å². The molecule has 0 aliphatic carbocycles. The minimum atomic E-state index is -0.722. The summed E-state index contributed by atoms with van der Waals surface area (Å²) in [7, 11) is 0. The summed E-state index contributed by atoms with van der Waals surface area (Å²) in [5.41, 5.74) is 7.89. The van der Waals surface area contributed by atoms with Crippen LogP contribution in [0.2, 0.25) is 0 Å². The summed E-state index contributed by atoms with van der Waals surface area (Å²) < 4.78 is 11.1. The van der Waals surface area contributed by atoms with Crippen molar-refractivity contribution in [3.8, 4) is 5.75 Å². The SMILES string of the molecule is CC(Oc1cc(CN2C(=O)c3ccccc3C2=O)ccc1N)C(=O)N1CCOCC1.